The van der Waals surface area contributed by atoms with E-state index >= 15 is 0 Å². The summed E-state index contributed by atoms with van der Waals surface area (Å²) in [4.78, 5) is 4.26. The number of nitrogens with zero attached hydrogens (tertiary/aromatic N) is 2. The van der Waals surface area contributed by atoms with Crippen molar-refractivity contribution in [3.63, 3.8) is 0 Å². The number of nitrogens with two attached hydrogens (primary N) is 1. The van der Waals surface area contributed by atoms with Crippen LogP contribution in [0.15, 0.2) is 12.4 Å². The molecule has 5 nitrogen and oxygen atoms in total. The van der Waals surface area contributed by atoms with E-state index in [0.717, 1.165) is 31.8 Å². The third kappa shape index (κ3) is 4.74. The van der Waals surface area contributed by atoms with Gasteiger partial charge in [-0.15, -0.1) is 0 Å². The fourth-order valence-corrected chi connectivity index (χ4v) is 1.48. The van der Waals surface area contributed by atoms with Gasteiger partial charge in [-0.05, 0) is 13.0 Å². The van der Waals surface area contributed by atoms with Crippen molar-refractivity contribution < 1.29 is 9.47 Å². The van der Waals surface area contributed by atoms with Crippen LogP contribution in [0.3, 0.4) is 0 Å². The second-order valence-electron chi connectivity index (χ2n) is 3.53. The number of aromatic nitrogens is 2. The first-order valence-corrected chi connectivity index (χ1v) is 5.65. The predicted octanol–water partition coefficient (Wildman–Crippen LogP) is 0.437. The highest BCUT2D eigenvalue weighted by molar-refractivity contribution is 4.92. The van der Waals surface area contributed by atoms with Crippen molar-refractivity contribution in [3.05, 3.63) is 18.2 Å². The number of imidazole rings is 1. The molecule has 1 heterocycles. The summed E-state index contributed by atoms with van der Waals surface area (Å²) < 4.78 is 12.4. The van der Waals surface area contributed by atoms with E-state index in [2.05, 4.69) is 9.55 Å². The summed E-state index contributed by atoms with van der Waals surface area (Å²) in [5.74, 6) is 1.05. The molecule has 0 aliphatic heterocycles. The van der Waals surface area contributed by atoms with E-state index in [0.29, 0.717) is 19.8 Å². The minimum atomic E-state index is 0.640. The molecule has 0 amide bonds. The van der Waals surface area contributed by atoms with Crippen molar-refractivity contribution in [2.75, 3.05) is 33.5 Å². The third-order valence-electron chi connectivity index (χ3n) is 2.29. The van der Waals surface area contributed by atoms with Crippen LogP contribution in [0.1, 0.15) is 12.2 Å². The maximum Gasteiger partial charge on any atom is 0.109 e. The lowest BCUT2D eigenvalue weighted by atomic mass is 10.4. The van der Waals surface area contributed by atoms with Gasteiger partial charge >= 0.3 is 0 Å². The van der Waals surface area contributed by atoms with Crippen LogP contribution in [0.4, 0.5) is 0 Å². The lowest BCUT2D eigenvalue weighted by Gasteiger charge is -2.07. The number of rotatable bonds is 9. The standard InChI is InChI=1S/C11H21N3O2/c1-15-9-10-16-8-2-6-14-7-5-13-11(14)3-4-12/h5,7H,2-4,6,8-10,12H2,1H3. The smallest absolute Gasteiger partial charge is 0.109 e. The third-order valence-corrected chi connectivity index (χ3v) is 2.29. The van der Waals surface area contributed by atoms with Gasteiger partial charge in [0, 0.05) is 39.1 Å². The highest BCUT2D eigenvalue weighted by Crippen LogP contribution is 2.00. The molecule has 0 fully saturated rings. The molecule has 0 aromatic carbocycles. The summed E-state index contributed by atoms with van der Waals surface area (Å²) in [6, 6.07) is 0. The van der Waals surface area contributed by atoms with E-state index in [-0.39, 0.29) is 0 Å². The second-order valence-corrected chi connectivity index (χ2v) is 3.53. The first kappa shape index (κ1) is 13.2. The molecule has 0 aliphatic rings. The molecule has 0 saturated heterocycles. The first-order chi connectivity index (χ1) is 7.88. The molecule has 0 saturated carbocycles. The van der Waals surface area contributed by atoms with Crippen LogP contribution in [0, 0.1) is 0 Å². The van der Waals surface area contributed by atoms with E-state index in [1.54, 1.807) is 7.11 Å². The normalized spacial score (nSPS) is 10.9. The summed E-state index contributed by atoms with van der Waals surface area (Å²) in [5.41, 5.74) is 5.51. The maximum absolute atomic E-state index is 5.51. The Labute approximate surface area is 96.6 Å². The largest absolute Gasteiger partial charge is 0.382 e. The SMILES string of the molecule is COCCOCCCn1ccnc1CCN. The quantitative estimate of drug-likeness (QED) is 0.622. The van der Waals surface area contributed by atoms with E-state index in [9.17, 15) is 0 Å². The molecule has 0 spiro atoms. The molecule has 0 bridgehead atoms. The molecule has 1 aromatic rings. The fraction of sp³-hybridized carbons (Fsp3) is 0.727. The van der Waals surface area contributed by atoms with Crippen molar-refractivity contribution in [1.82, 2.24) is 9.55 Å². The molecule has 0 atom stereocenters. The molecule has 1 rings (SSSR count). The Morgan fingerprint density at radius 3 is 3.00 bits per heavy atom. The van der Waals surface area contributed by atoms with E-state index in [1.165, 1.54) is 0 Å². The summed E-state index contributed by atoms with van der Waals surface area (Å²) in [5, 5.41) is 0. The van der Waals surface area contributed by atoms with Gasteiger partial charge in [0.2, 0.25) is 0 Å². The molecule has 0 aliphatic carbocycles. The monoisotopic (exact) mass is 227 g/mol. The lowest BCUT2D eigenvalue weighted by Crippen LogP contribution is -2.11. The summed E-state index contributed by atoms with van der Waals surface area (Å²) in [6.45, 7) is 3.65. The highest BCUT2D eigenvalue weighted by Gasteiger charge is 2.00. The van der Waals surface area contributed by atoms with Crippen LogP contribution in [-0.4, -0.2) is 43.0 Å². The predicted molar refractivity (Wildman–Crippen MR) is 62.3 cm³/mol. The number of hydrogen-bond acceptors (Lipinski definition) is 4. The van der Waals surface area contributed by atoms with Crippen LogP contribution in [0.2, 0.25) is 0 Å². The van der Waals surface area contributed by atoms with Crippen LogP contribution in [-0.2, 0) is 22.4 Å². The molecule has 16 heavy (non-hydrogen) atoms. The van der Waals surface area contributed by atoms with Crippen LogP contribution in [0.25, 0.3) is 0 Å². The zero-order chi connectivity index (χ0) is 11.6. The Hall–Kier alpha value is -0.910. The Morgan fingerprint density at radius 1 is 1.38 bits per heavy atom. The van der Waals surface area contributed by atoms with Gasteiger partial charge in [-0.3, -0.25) is 0 Å². The molecule has 2 N–H and O–H groups in total. The molecular formula is C11H21N3O2. The molecule has 5 heteroatoms. The average molecular weight is 227 g/mol. The molecule has 0 unspecified atom stereocenters. The second kappa shape index (κ2) is 8.27. The number of hydrogen-bond donors (Lipinski definition) is 1. The Balaban J connectivity index is 2.13. The van der Waals surface area contributed by atoms with Crippen molar-refractivity contribution in [3.8, 4) is 0 Å². The van der Waals surface area contributed by atoms with E-state index in [4.69, 9.17) is 15.2 Å². The van der Waals surface area contributed by atoms with Crippen molar-refractivity contribution >= 4 is 0 Å². The molecule has 92 valence electrons. The minimum Gasteiger partial charge on any atom is -0.382 e. The van der Waals surface area contributed by atoms with Crippen LogP contribution >= 0.6 is 0 Å². The van der Waals surface area contributed by atoms with E-state index in [1.807, 2.05) is 12.4 Å². The van der Waals surface area contributed by atoms with Crippen molar-refractivity contribution in [2.45, 2.75) is 19.4 Å². The highest BCUT2D eigenvalue weighted by atomic mass is 16.5. The van der Waals surface area contributed by atoms with Gasteiger partial charge in [-0.1, -0.05) is 0 Å². The van der Waals surface area contributed by atoms with Crippen molar-refractivity contribution in [1.29, 1.82) is 0 Å². The Bertz CT molecular complexity index is 276. The zero-order valence-electron chi connectivity index (χ0n) is 9.89. The average Bonchev–Trinajstić information content (AvgIpc) is 2.72. The van der Waals surface area contributed by atoms with Gasteiger partial charge in [0.05, 0.1) is 13.2 Å². The molecule has 0 radical (unpaired) electrons. The molecule has 1 aromatic heterocycles. The van der Waals surface area contributed by atoms with Gasteiger partial charge in [0.1, 0.15) is 5.82 Å². The van der Waals surface area contributed by atoms with E-state index < -0.39 is 0 Å². The topological polar surface area (TPSA) is 62.3 Å². The van der Waals surface area contributed by atoms with Gasteiger partial charge in [0.25, 0.3) is 0 Å². The van der Waals surface area contributed by atoms with Crippen molar-refractivity contribution in [2.24, 2.45) is 5.73 Å². The molecular weight excluding hydrogens is 206 g/mol. The number of aryl methyl sites for hydroxylation is 1. The summed E-state index contributed by atoms with van der Waals surface area (Å²) in [6.07, 6.45) is 5.62. The van der Waals surface area contributed by atoms with Gasteiger partial charge in [-0.25, -0.2) is 4.98 Å². The summed E-state index contributed by atoms with van der Waals surface area (Å²) in [7, 11) is 1.67. The minimum absolute atomic E-state index is 0.640. The Kier molecular flexibility index (Phi) is 6.80. The number of ether oxygens (including phenoxy) is 2. The van der Waals surface area contributed by atoms with Crippen LogP contribution < -0.4 is 5.73 Å². The fourth-order valence-electron chi connectivity index (χ4n) is 1.48. The van der Waals surface area contributed by atoms with Crippen LogP contribution in [0.5, 0.6) is 0 Å². The first-order valence-electron chi connectivity index (χ1n) is 5.65. The lowest BCUT2D eigenvalue weighted by molar-refractivity contribution is 0.0679. The number of methoxy groups -OCH3 is 1. The van der Waals surface area contributed by atoms with Gasteiger partial charge < -0.3 is 19.8 Å². The maximum atomic E-state index is 5.51. The Morgan fingerprint density at radius 2 is 2.25 bits per heavy atom. The summed E-state index contributed by atoms with van der Waals surface area (Å²) >= 11 is 0. The zero-order valence-corrected chi connectivity index (χ0v) is 9.89. The van der Waals surface area contributed by atoms with Gasteiger partial charge in [0.15, 0.2) is 0 Å². The van der Waals surface area contributed by atoms with Gasteiger partial charge in [-0.2, -0.15) is 0 Å².